The Balaban J connectivity index is 1.15. The van der Waals surface area contributed by atoms with Gasteiger partial charge in [-0.15, -0.1) is 0 Å². The second-order valence-corrected chi connectivity index (χ2v) is 14.1. The molecule has 2 atom stereocenters. The lowest BCUT2D eigenvalue weighted by Gasteiger charge is -2.28. The van der Waals surface area contributed by atoms with Crippen LogP contribution >= 0.6 is 0 Å². The van der Waals surface area contributed by atoms with Crippen LogP contribution in [0.25, 0.3) is 11.1 Å². The highest BCUT2D eigenvalue weighted by molar-refractivity contribution is 5.86. The molecule has 1 aliphatic heterocycles. The van der Waals surface area contributed by atoms with Crippen LogP contribution in [-0.4, -0.2) is 56.5 Å². The summed E-state index contributed by atoms with van der Waals surface area (Å²) in [6, 6.07) is 15.8. The second-order valence-electron chi connectivity index (χ2n) is 14.1. The number of ether oxygens (including phenoxy) is 6. The second kappa shape index (κ2) is 23.1. The van der Waals surface area contributed by atoms with Gasteiger partial charge in [-0.3, -0.25) is 0 Å². The van der Waals surface area contributed by atoms with Gasteiger partial charge in [-0.1, -0.05) is 121 Å². The Morgan fingerprint density at radius 1 is 0.635 bits per heavy atom. The average molecular weight is 721 g/mol. The van der Waals surface area contributed by atoms with E-state index in [9.17, 15) is 14.4 Å². The van der Waals surface area contributed by atoms with Gasteiger partial charge in [0.05, 0.1) is 26.4 Å². The van der Waals surface area contributed by atoms with Gasteiger partial charge in [-0.2, -0.15) is 0 Å². The fourth-order valence-electron chi connectivity index (χ4n) is 6.82. The number of rotatable bonds is 23. The van der Waals surface area contributed by atoms with Crippen LogP contribution in [-0.2, 0) is 38.1 Å². The maximum Gasteiger partial charge on any atom is 0.338 e. The van der Waals surface area contributed by atoms with Crippen molar-refractivity contribution in [1.29, 1.82) is 0 Å². The first kappa shape index (κ1) is 41.1. The Hall–Kier alpha value is -3.69. The number of unbranched alkanes of at least 4 members (excludes halogenated alkanes) is 5. The van der Waals surface area contributed by atoms with Crippen molar-refractivity contribution < 1.29 is 42.8 Å². The number of carbonyl (C=O) groups excluding carboxylic acids is 3. The summed E-state index contributed by atoms with van der Waals surface area (Å²) < 4.78 is 33.7. The monoisotopic (exact) mass is 720 g/mol. The molecule has 286 valence electrons. The van der Waals surface area contributed by atoms with E-state index in [4.69, 9.17) is 28.4 Å². The standard InChI is InChI=1S/C43H60O9/c1-4-7-28-49-41(45)39-40(42(46)50-29-8-5-2)52-43(51-39)36-22-20-34(21-23-36)35-24-26-37(27-25-35)47-31-13-15-33-18-16-32(17-19-33)14-11-9-10-12-30-48-38(44)6-3/h6,20-27,32-33,39-40,43H,3-5,7-19,28-31H2,1-2H3/t32-,33-,39-,40-/m1/s1. The number of hydrogen-bond acceptors (Lipinski definition) is 9. The van der Waals surface area contributed by atoms with Crippen molar-refractivity contribution in [2.45, 2.75) is 129 Å². The predicted octanol–water partition coefficient (Wildman–Crippen LogP) is 9.47. The molecule has 52 heavy (non-hydrogen) atoms. The smallest absolute Gasteiger partial charge is 0.338 e. The third-order valence-electron chi connectivity index (χ3n) is 10.0. The van der Waals surface area contributed by atoms with Crippen LogP contribution in [0.4, 0.5) is 0 Å². The molecule has 4 rings (SSSR count). The molecule has 1 saturated heterocycles. The molecule has 2 fully saturated rings. The first-order valence-corrected chi connectivity index (χ1v) is 19.7. The number of carbonyl (C=O) groups is 3. The van der Waals surface area contributed by atoms with E-state index in [2.05, 4.69) is 18.7 Å². The lowest BCUT2D eigenvalue weighted by atomic mass is 9.78. The van der Waals surface area contributed by atoms with Crippen molar-refractivity contribution in [3.05, 3.63) is 66.7 Å². The molecule has 2 aliphatic rings. The lowest BCUT2D eigenvalue weighted by molar-refractivity contribution is -0.163. The minimum absolute atomic E-state index is 0.264. The zero-order chi connectivity index (χ0) is 37.0. The third kappa shape index (κ3) is 13.7. The van der Waals surface area contributed by atoms with Crippen molar-refractivity contribution in [3.8, 4) is 16.9 Å². The molecule has 0 aromatic heterocycles. The highest BCUT2D eigenvalue weighted by Crippen LogP contribution is 2.36. The van der Waals surface area contributed by atoms with Gasteiger partial charge in [0, 0.05) is 11.6 Å². The molecule has 1 aliphatic carbocycles. The summed E-state index contributed by atoms with van der Waals surface area (Å²) in [6.45, 7) is 9.19. The minimum Gasteiger partial charge on any atom is -0.494 e. The summed E-state index contributed by atoms with van der Waals surface area (Å²) in [5.74, 6) is 0.977. The fraction of sp³-hybridized carbons (Fsp3) is 0.605. The van der Waals surface area contributed by atoms with E-state index in [0.29, 0.717) is 12.2 Å². The van der Waals surface area contributed by atoms with E-state index in [0.717, 1.165) is 80.3 Å². The van der Waals surface area contributed by atoms with E-state index < -0.39 is 30.4 Å². The Kier molecular flexibility index (Phi) is 18.2. The van der Waals surface area contributed by atoms with Crippen LogP contribution in [0, 0.1) is 11.8 Å². The number of benzene rings is 2. The molecule has 2 aromatic carbocycles. The SMILES string of the molecule is C=CC(=O)OCCCCCC[C@H]1CC[C@H](CCCOc2ccc(-c3ccc(C4O[C@@H](C(=O)OCCCC)[C@H](C(=O)OCCCC)O4)cc3)cc2)CC1. The summed E-state index contributed by atoms with van der Waals surface area (Å²) >= 11 is 0. The summed E-state index contributed by atoms with van der Waals surface area (Å²) in [7, 11) is 0. The molecule has 0 unspecified atom stereocenters. The van der Waals surface area contributed by atoms with E-state index in [1.54, 1.807) is 0 Å². The van der Waals surface area contributed by atoms with Crippen LogP contribution in [0.1, 0.15) is 122 Å². The highest BCUT2D eigenvalue weighted by atomic mass is 16.8. The van der Waals surface area contributed by atoms with Gasteiger partial charge in [0.25, 0.3) is 0 Å². The lowest BCUT2D eigenvalue weighted by Crippen LogP contribution is -2.39. The summed E-state index contributed by atoms with van der Waals surface area (Å²) in [4.78, 5) is 36.7. The van der Waals surface area contributed by atoms with Crippen LogP contribution in [0.5, 0.6) is 5.75 Å². The number of esters is 3. The molecule has 9 heteroatoms. The highest BCUT2D eigenvalue weighted by Gasteiger charge is 2.47. The molecular weight excluding hydrogens is 660 g/mol. The van der Waals surface area contributed by atoms with Gasteiger partial charge in [-0.05, 0) is 67.2 Å². The Morgan fingerprint density at radius 3 is 1.67 bits per heavy atom. The average Bonchev–Trinajstić information content (AvgIpc) is 3.63. The molecule has 2 aromatic rings. The van der Waals surface area contributed by atoms with Crippen LogP contribution in [0.2, 0.25) is 0 Å². The fourth-order valence-corrected chi connectivity index (χ4v) is 6.82. The van der Waals surface area contributed by atoms with Gasteiger partial charge in [-0.25, -0.2) is 14.4 Å². The zero-order valence-electron chi connectivity index (χ0n) is 31.4. The first-order valence-electron chi connectivity index (χ1n) is 19.7. The van der Waals surface area contributed by atoms with Gasteiger partial charge in [0.15, 0.2) is 18.5 Å². The van der Waals surface area contributed by atoms with Crippen molar-refractivity contribution >= 4 is 17.9 Å². The summed E-state index contributed by atoms with van der Waals surface area (Å²) in [5, 5.41) is 0. The Bertz CT molecular complexity index is 1320. The Morgan fingerprint density at radius 2 is 1.13 bits per heavy atom. The molecular formula is C43H60O9. The molecule has 9 nitrogen and oxygen atoms in total. The summed E-state index contributed by atoms with van der Waals surface area (Å²) in [6.07, 6.45) is 14.7. The van der Waals surface area contributed by atoms with Crippen molar-refractivity contribution in [2.24, 2.45) is 11.8 Å². The maximum absolute atomic E-state index is 12.8. The van der Waals surface area contributed by atoms with Gasteiger partial charge in [0.2, 0.25) is 0 Å². The van der Waals surface area contributed by atoms with Crippen LogP contribution in [0.15, 0.2) is 61.2 Å². The molecule has 0 radical (unpaired) electrons. The number of hydrogen-bond donors (Lipinski definition) is 0. The zero-order valence-corrected chi connectivity index (χ0v) is 31.4. The minimum atomic E-state index is -1.18. The first-order chi connectivity index (χ1) is 25.4. The van der Waals surface area contributed by atoms with Gasteiger partial charge in [0.1, 0.15) is 5.75 Å². The summed E-state index contributed by atoms with van der Waals surface area (Å²) in [5.41, 5.74) is 2.76. The van der Waals surface area contributed by atoms with E-state index in [1.165, 1.54) is 57.4 Å². The third-order valence-corrected chi connectivity index (χ3v) is 10.0. The molecule has 0 amide bonds. The van der Waals surface area contributed by atoms with Gasteiger partial charge >= 0.3 is 17.9 Å². The van der Waals surface area contributed by atoms with Crippen molar-refractivity contribution in [3.63, 3.8) is 0 Å². The topological polar surface area (TPSA) is 107 Å². The van der Waals surface area contributed by atoms with E-state index >= 15 is 0 Å². The Labute approximate surface area is 310 Å². The molecule has 0 bridgehead atoms. The molecule has 1 saturated carbocycles. The van der Waals surface area contributed by atoms with E-state index in [-0.39, 0.29) is 19.2 Å². The van der Waals surface area contributed by atoms with Crippen LogP contribution < -0.4 is 4.74 Å². The quantitative estimate of drug-likeness (QED) is 0.0480. The normalized spacial score (nSPS) is 20.3. The van der Waals surface area contributed by atoms with E-state index in [1.807, 2.05) is 50.2 Å². The maximum atomic E-state index is 12.8. The van der Waals surface area contributed by atoms with Crippen LogP contribution in [0.3, 0.4) is 0 Å². The predicted molar refractivity (Wildman–Crippen MR) is 201 cm³/mol. The van der Waals surface area contributed by atoms with Crippen molar-refractivity contribution in [2.75, 3.05) is 26.4 Å². The largest absolute Gasteiger partial charge is 0.494 e. The molecule has 0 N–H and O–H groups in total. The van der Waals surface area contributed by atoms with Crippen molar-refractivity contribution in [1.82, 2.24) is 0 Å². The van der Waals surface area contributed by atoms with Gasteiger partial charge < -0.3 is 28.4 Å². The molecule has 1 heterocycles. The molecule has 0 spiro atoms.